The van der Waals surface area contributed by atoms with Crippen LogP contribution in [0.25, 0.3) is 12.2 Å². The lowest BCUT2D eigenvalue weighted by Gasteiger charge is -2.18. The summed E-state index contributed by atoms with van der Waals surface area (Å²) >= 11 is 0. The maximum Gasteiger partial charge on any atom is 0.244 e. The van der Waals surface area contributed by atoms with Crippen molar-refractivity contribution in [2.45, 2.75) is 31.7 Å². The van der Waals surface area contributed by atoms with Crippen molar-refractivity contribution in [2.75, 3.05) is 13.1 Å². The zero-order valence-corrected chi connectivity index (χ0v) is 23.7. The molecule has 0 saturated heterocycles. The van der Waals surface area contributed by atoms with E-state index in [-0.39, 0.29) is 53.4 Å². The van der Waals surface area contributed by atoms with E-state index < -0.39 is 17.9 Å². The molecule has 0 unspecified atom stereocenters. The zero-order chi connectivity index (χ0) is 32.1. The van der Waals surface area contributed by atoms with Crippen LogP contribution in [0.1, 0.15) is 36.0 Å². The molecule has 12 heteroatoms. The van der Waals surface area contributed by atoms with Gasteiger partial charge >= 0.3 is 0 Å². The van der Waals surface area contributed by atoms with Crippen molar-refractivity contribution in [1.29, 1.82) is 0 Å². The van der Waals surface area contributed by atoms with Gasteiger partial charge in [-0.2, -0.15) is 0 Å². The first kappa shape index (κ1) is 32.9. The Balaban J connectivity index is 1.52. The fraction of sp³-hybridized carbons (Fsp3) is 0.219. The minimum absolute atomic E-state index is 0.208. The first-order valence-electron chi connectivity index (χ1n) is 13.8. The van der Waals surface area contributed by atoms with Crippen molar-refractivity contribution in [2.24, 2.45) is 0 Å². The van der Waals surface area contributed by atoms with Crippen molar-refractivity contribution in [1.82, 2.24) is 16.0 Å². The number of phenols is 6. The number of amides is 3. The highest BCUT2D eigenvalue weighted by Crippen LogP contribution is 2.26. The van der Waals surface area contributed by atoms with Gasteiger partial charge in [-0.25, -0.2) is 0 Å². The number of aromatic hydroxyl groups is 6. The van der Waals surface area contributed by atoms with Crippen LogP contribution < -0.4 is 16.0 Å². The Kier molecular flexibility index (Phi) is 12.0. The summed E-state index contributed by atoms with van der Waals surface area (Å²) in [5.41, 5.74) is 1.67. The SMILES string of the molecule is O=C(/C=C/c1ccc(O)c(O)c1)NCCCC[C@H](NC(=O)/C=C/c1ccc(O)c(O)c1)C(=O)NCCc1ccc(O)c(O)c1. The molecular formula is C32H35N3O9. The number of unbranched alkanes of at least 4 members (excludes halogenated alkanes) is 1. The van der Waals surface area contributed by atoms with E-state index in [2.05, 4.69) is 16.0 Å². The quantitative estimate of drug-likeness (QED) is 0.0751. The van der Waals surface area contributed by atoms with Gasteiger partial charge in [0.15, 0.2) is 34.5 Å². The first-order valence-corrected chi connectivity index (χ1v) is 13.8. The molecule has 0 saturated carbocycles. The summed E-state index contributed by atoms with van der Waals surface area (Å²) in [4.78, 5) is 37.7. The van der Waals surface area contributed by atoms with E-state index in [4.69, 9.17) is 0 Å². The van der Waals surface area contributed by atoms with Crippen molar-refractivity contribution in [3.05, 3.63) is 83.4 Å². The average Bonchev–Trinajstić information content (AvgIpc) is 2.99. The van der Waals surface area contributed by atoms with Crippen LogP contribution in [0.5, 0.6) is 34.5 Å². The number of rotatable bonds is 14. The summed E-state index contributed by atoms with van der Waals surface area (Å²) in [5, 5.41) is 65.3. The minimum Gasteiger partial charge on any atom is -0.504 e. The Morgan fingerprint density at radius 3 is 1.73 bits per heavy atom. The van der Waals surface area contributed by atoms with E-state index in [1.165, 1.54) is 72.8 Å². The Labute approximate surface area is 253 Å². The predicted octanol–water partition coefficient (Wildman–Crippen LogP) is 2.78. The summed E-state index contributed by atoms with van der Waals surface area (Å²) < 4.78 is 0. The molecule has 44 heavy (non-hydrogen) atoms. The van der Waals surface area contributed by atoms with Crippen LogP contribution in [0, 0.1) is 0 Å². The highest BCUT2D eigenvalue weighted by atomic mass is 16.3. The number of hydrogen-bond acceptors (Lipinski definition) is 9. The summed E-state index contributed by atoms with van der Waals surface area (Å²) in [5.74, 6) is -3.07. The van der Waals surface area contributed by atoms with Crippen LogP contribution in [0.4, 0.5) is 0 Å². The molecule has 0 aromatic heterocycles. The number of hydrogen-bond donors (Lipinski definition) is 9. The van der Waals surface area contributed by atoms with Crippen LogP contribution in [-0.4, -0.2) is 67.5 Å². The van der Waals surface area contributed by atoms with Crippen LogP contribution >= 0.6 is 0 Å². The molecule has 3 aromatic rings. The van der Waals surface area contributed by atoms with Crippen LogP contribution in [0.2, 0.25) is 0 Å². The molecule has 0 aliphatic carbocycles. The highest BCUT2D eigenvalue weighted by molar-refractivity contribution is 5.95. The summed E-state index contributed by atoms with van der Waals surface area (Å²) in [6.07, 6.45) is 7.02. The third-order valence-corrected chi connectivity index (χ3v) is 6.46. The van der Waals surface area contributed by atoms with Crippen molar-refractivity contribution < 1.29 is 45.0 Å². The van der Waals surface area contributed by atoms with Gasteiger partial charge in [-0.05, 0) is 90.9 Å². The molecule has 0 heterocycles. The molecule has 0 bridgehead atoms. The van der Waals surface area contributed by atoms with E-state index in [0.29, 0.717) is 42.5 Å². The van der Waals surface area contributed by atoms with Crippen LogP contribution in [-0.2, 0) is 20.8 Å². The normalized spacial score (nSPS) is 11.8. The van der Waals surface area contributed by atoms with E-state index in [1.54, 1.807) is 6.07 Å². The molecule has 1 atom stereocenters. The van der Waals surface area contributed by atoms with Gasteiger partial charge in [0, 0.05) is 25.2 Å². The molecule has 0 fully saturated rings. The molecular weight excluding hydrogens is 570 g/mol. The maximum atomic E-state index is 13.0. The second-order valence-corrected chi connectivity index (χ2v) is 9.88. The maximum absolute atomic E-state index is 13.0. The fourth-order valence-corrected chi connectivity index (χ4v) is 4.04. The molecule has 3 rings (SSSR count). The minimum atomic E-state index is -0.897. The van der Waals surface area contributed by atoms with Gasteiger partial charge in [-0.3, -0.25) is 14.4 Å². The lowest BCUT2D eigenvalue weighted by Crippen LogP contribution is -2.46. The monoisotopic (exact) mass is 605 g/mol. The molecule has 9 N–H and O–H groups in total. The number of nitrogens with one attached hydrogen (secondary N) is 3. The Morgan fingerprint density at radius 2 is 1.16 bits per heavy atom. The highest BCUT2D eigenvalue weighted by Gasteiger charge is 2.19. The standard InChI is InChI=1S/C32H35N3O9/c36-24-9-4-20(17-27(24)39)7-12-30(42)33-15-2-1-3-23(32(44)34-16-14-22-6-11-26(38)29(41)19-22)35-31(43)13-8-21-5-10-25(37)28(40)18-21/h4-13,17-19,23,36-41H,1-3,14-16H2,(H,33,42)(H,34,44)(H,35,43)/b12-7+,13-8+/t23-/m0/s1. The Hall–Kier alpha value is -5.65. The third kappa shape index (κ3) is 10.6. The van der Waals surface area contributed by atoms with Gasteiger partial charge in [-0.1, -0.05) is 18.2 Å². The number of benzene rings is 3. The van der Waals surface area contributed by atoms with Gasteiger partial charge in [0.25, 0.3) is 0 Å². The van der Waals surface area contributed by atoms with E-state index in [0.717, 1.165) is 0 Å². The van der Waals surface area contributed by atoms with Crippen molar-refractivity contribution in [3.63, 3.8) is 0 Å². The smallest absolute Gasteiger partial charge is 0.244 e. The number of phenolic OH excluding ortho intramolecular Hbond substituents is 6. The van der Waals surface area contributed by atoms with Gasteiger partial charge < -0.3 is 46.6 Å². The number of carbonyl (C=O) groups excluding carboxylic acids is 3. The zero-order valence-electron chi connectivity index (χ0n) is 23.7. The Morgan fingerprint density at radius 1 is 0.614 bits per heavy atom. The van der Waals surface area contributed by atoms with Gasteiger partial charge in [0.2, 0.25) is 17.7 Å². The molecule has 0 radical (unpaired) electrons. The summed E-state index contributed by atoms with van der Waals surface area (Å²) in [7, 11) is 0. The fourth-order valence-electron chi connectivity index (χ4n) is 4.04. The topological polar surface area (TPSA) is 209 Å². The molecule has 3 amide bonds. The van der Waals surface area contributed by atoms with Gasteiger partial charge in [-0.15, -0.1) is 0 Å². The van der Waals surface area contributed by atoms with E-state index in [9.17, 15) is 45.0 Å². The van der Waals surface area contributed by atoms with Crippen LogP contribution in [0.15, 0.2) is 66.7 Å². The van der Waals surface area contributed by atoms with Crippen LogP contribution in [0.3, 0.4) is 0 Å². The molecule has 3 aromatic carbocycles. The molecule has 0 aliphatic heterocycles. The Bertz CT molecular complexity index is 1540. The molecule has 232 valence electrons. The molecule has 12 nitrogen and oxygen atoms in total. The second-order valence-electron chi connectivity index (χ2n) is 9.88. The van der Waals surface area contributed by atoms with Crippen molar-refractivity contribution in [3.8, 4) is 34.5 Å². The lowest BCUT2D eigenvalue weighted by atomic mass is 10.1. The summed E-state index contributed by atoms with van der Waals surface area (Å²) in [6, 6.07) is 11.7. The molecule has 0 aliphatic rings. The first-order chi connectivity index (χ1) is 21.0. The van der Waals surface area contributed by atoms with Crippen molar-refractivity contribution >= 4 is 29.9 Å². The van der Waals surface area contributed by atoms with Gasteiger partial charge in [0.1, 0.15) is 6.04 Å². The lowest BCUT2D eigenvalue weighted by molar-refractivity contribution is -0.127. The average molecular weight is 606 g/mol. The van der Waals surface area contributed by atoms with E-state index in [1.807, 2.05) is 0 Å². The number of carbonyl (C=O) groups is 3. The predicted molar refractivity (Wildman–Crippen MR) is 163 cm³/mol. The van der Waals surface area contributed by atoms with Gasteiger partial charge in [0.05, 0.1) is 0 Å². The summed E-state index contributed by atoms with van der Waals surface area (Å²) in [6.45, 7) is 0.514. The third-order valence-electron chi connectivity index (χ3n) is 6.46. The molecule has 0 spiro atoms. The van der Waals surface area contributed by atoms with E-state index >= 15 is 0 Å². The second kappa shape index (κ2) is 16.1. The largest absolute Gasteiger partial charge is 0.504 e.